The zero-order valence-corrected chi connectivity index (χ0v) is 68.0. The van der Waals surface area contributed by atoms with E-state index in [2.05, 4.69) is 221 Å². The number of hydrogen-bond acceptors (Lipinski definition) is 11. The number of carbonyl (C=O) groups is 2. The lowest BCUT2D eigenvalue weighted by atomic mass is 9.78. The second-order valence-electron chi connectivity index (χ2n) is 32.4. The first-order valence-corrected chi connectivity index (χ1v) is 43.8. The lowest BCUT2D eigenvalue weighted by molar-refractivity contribution is -0.438. The van der Waals surface area contributed by atoms with Gasteiger partial charge in [-0.2, -0.15) is 21.4 Å². The van der Waals surface area contributed by atoms with Crippen molar-refractivity contribution in [2.45, 2.75) is 218 Å². The molecular weight excluding hydrogens is 1430 g/mol. The van der Waals surface area contributed by atoms with Crippen LogP contribution in [0.2, 0.25) is 0 Å². The number of fused-ring (bicyclic) bond motifs is 14. The van der Waals surface area contributed by atoms with E-state index in [0.717, 1.165) is 166 Å². The predicted octanol–water partition coefficient (Wildman–Crippen LogP) is 21.3. The van der Waals surface area contributed by atoms with Crippen LogP contribution < -0.4 is 10.2 Å². The van der Waals surface area contributed by atoms with Gasteiger partial charge in [0.15, 0.2) is 11.5 Å². The van der Waals surface area contributed by atoms with Crippen LogP contribution in [0.3, 0.4) is 0 Å². The van der Waals surface area contributed by atoms with Crippen LogP contribution in [0, 0.1) is 13.8 Å². The Hall–Kier alpha value is -8.56. The highest BCUT2D eigenvalue weighted by Gasteiger charge is 2.46. The summed E-state index contributed by atoms with van der Waals surface area (Å²) >= 11 is 1.70. The molecule has 7 heterocycles. The number of nitrogens with zero attached hydrogens (tertiary/aromatic N) is 4. The summed E-state index contributed by atoms with van der Waals surface area (Å²) in [6.45, 7) is 26.1. The van der Waals surface area contributed by atoms with E-state index >= 15 is 0 Å². The molecule has 3 aromatic heterocycles. The summed E-state index contributed by atoms with van der Waals surface area (Å²) in [7, 11) is -8.27. The Kier molecular flexibility index (Phi) is 22.7. The fraction of sp³-hybridized carbons (Fsp3) is 0.418. The number of ether oxygens (including phenoxy) is 1. The summed E-state index contributed by atoms with van der Waals surface area (Å²) in [4.78, 5) is 51.9. The summed E-state index contributed by atoms with van der Waals surface area (Å²) in [5, 5.41) is 7.88. The Morgan fingerprint density at radius 2 is 1.39 bits per heavy atom. The molecule has 8 aromatic rings. The van der Waals surface area contributed by atoms with E-state index in [1.54, 1.807) is 11.8 Å². The van der Waals surface area contributed by atoms with E-state index in [-0.39, 0.29) is 65.8 Å². The maximum atomic E-state index is 14.6. The molecular formula is C91H106N7O9S3+. The highest BCUT2D eigenvalue weighted by Crippen LogP contribution is 2.53. The highest BCUT2D eigenvalue weighted by atomic mass is 32.2. The topological polar surface area (TPSA) is 228 Å². The molecule has 14 rings (SSSR count). The SMILES string of the molecule is CCCCCCOC(C)c1c(C)c2cc3nc(c4c5[nH]c(cc6nc(cc1[nH]2)C(C)C6CC)c(C)c5C(=O)C4)C(CCC(=O)Nc1ccc(SC2=C(/C=C/C4=[N+](CCCCS(=O)(=O)O)c5ccc6ccccc6c5C4(C)C)CCC/C2=C\C=C2\N(CCCCS(=O)(=O)O)c4ccc5ccccc5c4C2(C)C)cc1)C3C. The number of aromatic amines is 2. The molecule has 5 aromatic carbocycles. The van der Waals surface area contributed by atoms with Gasteiger partial charge in [-0.1, -0.05) is 139 Å². The van der Waals surface area contributed by atoms with Gasteiger partial charge in [0.05, 0.1) is 34.2 Å². The Labute approximate surface area is 653 Å². The fourth-order valence-electron chi connectivity index (χ4n) is 18.5. The second-order valence-corrected chi connectivity index (χ2v) is 36.6. The molecule has 2 aliphatic carbocycles. The van der Waals surface area contributed by atoms with Crippen molar-refractivity contribution in [2.75, 3.05) is 41.4 Å². The van der Waals surface area contributed by atoms with Crippen molar-refractivity contribution in [3.8, 4) is 0 Å². The van der Waals surface area contributed by atoms with Gasteiger partial charge in [-0.15, -0.1) is 0 Å². The molecule has 16 nitrogen and oxygen atoms in total. The molecule has 1 amide bonds. The molecule has 0 spiro atoms. The maximum absolute atomic E-state index is 14.6. The quantitative estimate of drug-likeness (QED) is 0.0184. The summed E-state index contributed by atoms with van der Waals surface area (Å²) in [6, 6.07) is 40.3. The van der Waals surface area contributed by atoms with Gasteiger partial charge < -0.3 is 24.9 Å². The van der Waals surface area contributed by atoms with Gasteiger partial charge in [0.25, 0.3) is 20.2 Å². The molecule has 8 bridgehead atoms. The van der Waals surface area contributed by atoms with Crippen LogP contribution in [0.5, 0.6) is 0 Å². The van der Waals surface area contributed by atoms with Crippen molar-refractivity contribution in [3.63, 3.8) is 0 Å². The van der Waals surface area contributed by atoms with Crippen LogP contribution in [0.4, 0.5) is 17.1 Å². The molecule has 0 fully saturated rings. The lowest BCUT2D eigenvalue weighted by Crippen LogP contribution is -2.28. The molecule has 576 valence electrons. The van der Waals surface area contributed by atoms with E-state index in [9.17, 15) is 35.5 Å². The number of rotatable bonds is 27. The average molecular weight is 1540 g/mol. The molecule has 6 aliphatic rings. The number of nitrogens with one attached hydrogen (secondary N) is 3. The second kappa shape index (κ2) is 31.9. The van der Waals surface area contributed by atoms with Crippen LogP contribution in [0.25, 0.3) is 43.6 Å². The van der Waals surface area contributed by atoms with Crippen molar-refractivity contribution in [1.82, 2.24) is 19.9 Å². The molecule has 0 radical (unpaired) electrons. The minimum atomic E-state index is -4.14. The molecule has 5 unspecified atom stereocenters. The third-order valence-corrected chi connectivity index (χ3v) is 27.2. The van der Waals surface area contributed by atoms with Gasteiger partial charge in [-0.05, 0) is 202 Å². The minimum Gasteiger partial charge on any atom is -0.374 e. The van der Waals surface area contributed by atoms with Crippen LogP contribution in [0.15, 0.2) is 166 Å². The van der Waals surface area contributed by atoms with Gasteiger partial charge in [-0.3, -0.25) is 28.7 Å². The van der Waals surface area contributed by atoms with Gasteiger partial charge in [0, 0.05) is 156 Å². The number of unbranched alkanes of at least 4 members (excludes halogenated alkanes) is 5. The zero-order valence-electron chi connectivity index (χ0n) is 65.6. The van der Waals surface area contributed by atoms with Crippen LogP contribution in [-0.4, -0.2) is 99.1 Å². The number of Topliss-reactive ketones (excluding diaryl/α,β-unsaturated/α-hetero) is 1. The molecule has 0 saturated heterocycles. The summed E-state index contributed by atoms with van der Waals surface area (Å²) < 4.78 is 76.4. The third-order valence-electron chi connectivity index (χ3n) is 24.3. The number of benzene rings is 5. The maximum Gasteiger partial charge on any atom is 0.264 e. The number of ketones is 1. The van der Waals surface area contributed by atoms with Crippen LogP contribution in [0.1, 0.15) is 248 Å². The average Bonchev–Trinajstić information content (AvgIpc) is 1.58. The number of amides is 1. The van der Waals surface area contributed by atoms with E-state index < -0.39 is 31.1 Å². The fourth-order valence-corrected chi connectivity index (χ4v) is 20.8. The zero-order chi connectivity index (χ0) is 77.7. The smallest absolute Gasteiger partial charge is 0.264 e. The van der Waals surface area contributed by atoms with Crippen molar-refractivity contribution in [1.29, 1.82) is 0 Å². The first-order chi connectivity index (χ1) is 52.6. The standard InChI is InChI=1S/C91H105N7O9S3/c1-12-14-15-22-48-107-59(7)83-57(5)73-52-72-56(4)67(87(95-72)70-51-79(99)84-58(6)74(96-88(70)84)53-75-66(13-2)55(3)71(93-75)54-76(83)94-73)40-45-82(100)92-64-36-38-65(39-37-64)108-89-62(34-43-80-90(8,9)85-68-30-18-16-26-60(68)32-41-77(85)97(80)46-20-23-49-109(101,102)103)28-25-29-63(89)35-44-81-91(10,11)86-69-31-19-17-27-61(69)33-42-78(86)98(81)47-21-24-50-110(104,105)106/h16-19,26-27,30-39,41-44,52-56,59,66-67H,12-15,20-25,28-29,40,45-51H2,1-11H3,(H4-,92,93,94,95,96,99,100,101,102,103,104,105,106)/p+1. The number of thioether (sulfide) groups is 1. The molecule has 110 heavy (non-hydrogen) atoms. The van der Waals surface area contributed by atoms with Gasteiger partial charge >= 0.3 is 0 Å². The largest absolute Gasteiger partial charge is 0.374 e. The third kappa shape index (κ3) is 15.7. The number of aryl methyl sites for hydroxylation is 2. The molecule has 19 heteroatoms. The van der Waals surface area contributed by atoms with Crippen molar-refractivity contribution in [2.24, 2.45) is 0 Å². The van der Waals surface area contributed by atoms with Crippen molar-refractivity contribution >= 4 is 110 Å². The molecule has 5 N–H and O–H groups in total. The van der Waals surface area contributed by atoms with Crippen molar-refractivity contribution in [3.05, 3.63) is 223 Å². The monoisotopic (exact) mass is 1540 g/mol. The number of H-pyrrole nitrogens is 2. The number of carbonyl (C=O) groups excluding carboxylic acids is 2. The minimum absolute atomic E-state index is 0.0653. The van der Waals surface area contributed by atoms with E-state index in [1.807, 2.05) is 19.1 Å². The summed E-state index contributed by atoms with van der Waals surface area (Å²) in [5.74, 6) is -0.580. The van der Waals surface area contributed by atoms with E-state index in [4.69, 9.17) is 14.7 Å². The number of aromatic nitrogens is 4. The first kappa shape index (κ1) is 78.1. The number of hydrogen-bond donors (Lipinski definition) is 5. The molecule has 4 aliphatic heterocycles. The lowest BCUT2D eigenvalue weighted by Gasteiger charge is -2.28. The number of anilines is 2. The summed E-state index contributed by atoms with van der Waals surface area (Å²) in [5.41, 5.74) is 21.0. The van der Waals surface area contributed by atoms with Crippen molar-refractivity contribution < 1.29 is 44.8 Å². The number of allylic oxidation sites excluding steroid dienone is 7. The molecule has 5 atom stereocenters. The Bertz CT molecular complexity index is 5560. The van der Waals surface area contributed by atoms with Gasteiger partial charge in [0.2, 0.25) is 11.6 Å². The Balaban J connectivity index is 0.792. The van der Waals surface area contributed by atoms with E-state index in [1.165, 1.54) is 28.7 Å². The van der Waals surface area contributed by atoms with Crippen LogP contribution in [-0.2, 0) is 47.0 Å². The van der Waals surface area contributed by atoms with Gasteiger partial charge in [0.1, 0.15) is 6.54 Å². The first-order valence-electron chi connectivity index (χ1n) is 39.8. The Morgan fingerprint density at radius 3 is 2.11 bits per heavy atom. The van der Waals surface area contributed by atoms with Crippen LogP contribution >= 0.6 is 11.8 Å². The highest BCUT2D eigenvalue weighted by molar-refractivity contribution is 8.03. The van der Waals surface area contributed by atoms with E-state index in [0.29, 0.717) is 63.1 Å². The Morgan fingerprint density at radius 1 is 0.727 bits per heavy atom. The predicted molar refractivity (Wildman–Crippen MR) is 448 cm³/mol. The molecule has 0 saturated carbocycles. The summed E-state index contributed by atoms with van der Waals surface area (Å²) in [6.07, 6.45) is 19.5. The normalized spacial score (nSPS) is 19.9. The van der Waals surface area contributed by atoms with Gasteiger partial charge in [-0.25, -0.2) is 0 Å².